The molecule has 1 rings (SSSR count). The molecule has 21 heavy (non-hydrogen) atoms. The van der Waals surface area contributed by atoms with Gasteiger partial charge in [0.1, 0.15) is 18.0 Å². The van der Waals surface area contributed by atoms with Crippen LogP contribution in [0.4, 0.5) is 0 Å². The average molecular weight is 320 g/mol. The van der Waals surface area contributed by atoms with Crippen molar-refractivity contribution in [3.05, 3.63) is 0 Å². The Kier molecular flexibility index (Phi) is 5.58. The highest BCUT2D eigenvalue weighted by molar-refractivity contribution is 6.27. The quantitative estimate of drug-likeness (QED) is 0.589. The number of carbonyl (C=O) groups is 3. The van der Waals surface area contributed by atoms with Gasteiger partial charge in [-0.15, -0.1) is 11.6 Å². The number of likely N-dealkylation sites (tertiary alicyclic amines) is 1. The number of nitrogens with two attached hydrogens (primary N) is 1. The molecular weight excluding hydrogens is 298 g/mol. The fourth-order valence-electron chi connectivity index (χ4n) is 2.34. The number of alkyl halides is 1. The number of nitrogens with one attached hydrogen (secondary N) is 1. The Morgan fingerprint density at radius 3 is 2.43 bits per heavy atom. The normalized spacial score (nSPS) is 23.8. The third kappa shape index (κ3) is 4.31. The Morgan fingerprint density at radius 2 is 2.00 bits per heavy atom. The van der Waals surface area contributed by atoms with Gasteiger partial charge in [0.2, 0.25) is 17.7 Å². The summed E-state index contributed by atoms with van der Waals surface area (Å²) in [5.41, 5.74) is 4.70. The minimum Gasteiger partial charge on any atom is -0.391 e. The molecule has 0 saturated carbocycles. The number of amides is 3. The van der Waals surface area contributed by atoms with Gasteiger partial charge in [-0.25, -0.2) is 0 Å². The standard InChI is InChI=1S/C13H22ClN3O4/c1-13(2,3)10(16-9(19)5-14)12(21)17-6-7(18)4-8(17)11(15)20/h7-8,10,18H,4-6H2,1-3H3,(H2,15,20)(H,16,19)/t7-,8+,10-/m1/s1. The van der Waals surface area contributed by atoms with Gasteiger partial charge >= 0.3 is 0 Å². The van der Waals surface area contributed by atoms with Crippen LogP contribution in [0.3, 0.4) is 0 Å². The van der Waals surface area contributed by atoms with Gasteiger partial charge in [-0.3, -0.25) is 14.4 Å². The van der Waals surface area contributed by atoms with Gasteiger partial charge in [0.25, 0.3) is 0 Å². The van der Waals surface area contributed by atoms with Crippen LogP contribution in [0.2, 0.25) is 0 Å². The number of halogens is 1. The van der Waals surface area contributed by atoms with E-state index in [1.54, 1.807) is 20.8 Å². The highest BCUT2D eigenvalue weighted by Gasteiger charge is 2.43. The second-order valence-electron chi connectivity index (χ2n) is 6.30. The first kappa shape index (κ1) is 17.7. The summed E-state index contributed by atoms with van der Waals surface area (Å²) in [6.45, 7) is 5.39. The number of primary amides is 1. The molecule has 0 aromatic rings. The lowest BCUT2D eigenvalue weighted by Gasteiger charge is -2.34. The number of aliphatic hydroxyl groups is 1. The predicted molar refractivity (Wildman–Crippen MR) is 77.4 cm³/mol. The smallest absolute Gasteiger partial charge is 0.246 e. The lowest BCUT2D eigenvalue weighted by atomic mass is 9.85. The summed E-state index contributed by atoms with van der Waals surface area (Å²) in [6.07, 6.45) is -0.683. The van der Waals surface area contributed by atoms with Crippen LogP contribution in [0, 0.1) is 5.41 Å². The summed E-state index contributed by atoms with van der Waals surface area (Å²) in [6, 6.07) is -1.71. The largest absolute Gasteiger partial charge is 0.391 e. The lowest BCUT2D eigenvalue weighted by Crippen LogP contribution is -2.57. The third-order valence-electron chi connectivity index (χ3n) is 3.43. The van der Waals surface area contributed by atoms with Crippen molar-refractivity contribution in [1.29, 1.82) is 0 Å². The van der Waals surface area contributed by atoms with Gasteiger partial charge in [-0.2, -0.15) is 0 Å². The summed E-state index contributed by atoms with van der Waals surface area (Å²) in [5, 5.41) is 12.2. The van der Waals surface area contributed by atoms with Gasteiger partial charge in [0.05, 0.1) is 6.10 Å². The Hall–Kier alpha value is -1.34. The number of aliphatic hydroxyl groups excluding tert-OH is 1. The van der Waals surface area contributed by atoms with Crippen molar-refractivity contribution in [3.63, 3.8) is 0 Å². The molecule has 1 heterocycles. The molecule has 0 unspecified atom stereocenters. The highest BCUT2D eigenvalue weighted by atomic mass is 35.5. The number of rotatable bonds is 4. The Bertz CT molecular complexity index is 436. The van der Waals surface area contributed by atoms with Crippen LogP contribution in [-0.4, -0.2) is 58.3 Å². The third-order valence-corrected chi connectivity index (χ3v) is 3.67. The van der Waals surface area contributed by atoms with Crippen molar-refractivity contribution >= 4 is 29.3 Å². The van der Waals surface area contributed by atoms with E-state index in [2.05, 4.69) is 5.32 Å². The molecule has 0 bridgehead atoms. The molecule has 7 nitrogen and oxygen atoms in total. The highest BCUT2D eigenvalue weighted by Crippen LogP contribution is 2.25. The second-order valence-corrected chi connectivity index (χ2v) is 6.57. The summed E-state index contributed by atoms with van der Waals surface area (Å²) in [5.74, 6) is -1.85. The molecule has 4 N–H and O–H groups in total. The minimum absolute atomic E-state index is 0.0236. The van der Waals surface area contributed by atoms with Crippen LogP contribution < -0.4 is 11.1 Å². The van der Waals surface area contributed by atoms with E-state index < -0.39 is 41.3 Å². The van der Waals surface area contributed by atoms with E-state index >= 15 is 0 Å². The summed E-state index contributed by atoms with van der Waals surface area (Å²) in [4.78, 5) is 36.8. The van der Waals surface area contributed by atoms with Gasteiger partial charge in [-0.1, -0.05) is 20.8 Å². The van der Waals surface area contributed by atoms with Crippen molar-refractivity contribution in [1.82, 2.24) is 10.2 Å². The summed E-state index contributed by atoms with van der Waals surface area (Å²) >= 11 is 5.46. The first-order valence-electron chi connectivity index (χ1n) is 6.71. The van der Waals surface area contributed by atoms with Crippen LogP contribution in [0.25, 0.3) is 0 Å². The van der Waals surface area contributed by atoms with E-state index in [1.165, 1.54) is 4.90 Å². The molecule has 1 aliphatic rings. The van der Waals surface area contributed by atoms with Crippen molar-refractivity contribution in [2.75, 3.05) is 12.4 Å². The zero-order valence-corrected chi connectivity index (χ0v) is 13.2. The van der Waals surface area contributed by atoms with E-state index in [0.717, 1.165) is 0 Å². The molecular formula is C13H22ClN3O4. The fraction of sp³-hybridized carbons (Fsp3) is 0.769. The van der Waals surface area contributed by atoms with E-state index in [9.17, 15) is 19.5 Å². The zero-order valence-electron chi connectivity index (χ0n) is 12.4. The van der Waals surface area contributed by atoms with Gasteiger partial charge < -0.3 is 21.1 Å². The summed E-state index contributed by atoms with van der Waals surface area (Å²) < 4.78 is 0. The Labute approximate surface area is 128 Å². The first-order chi connectivity index (χ1) is 9.57. The van der Waals surface area contributed by atoms with E-state index in [-0.39, 0.29) is 18.8 Å². The van der Waals surface area contributed by atoms with Crippen molar-refractivity contribution in [2.45, 2.75) is 45.4 Å². The van der Waals surface area contributed by atoms with Crippen molar-refractivity contribution in [3.8, 4) is 0 Å². The fourth-order valence-corrected chi connectivity index (χ4v) is 2.42. The summed E-state index contributed by atoms with van der Waals surface area (Å²) in [7, 11) is 0. The van der Waals surface area contributed by atoms with Crippen molar-refractivity contribution < 1.29 is 19.5 Å². The molecule has 0 spiro atoms. The maximum atomic E-state index is 12.7. The maximum absolute atomic E-state index is 12.7. The van der Waals surface area contributed by atoms with Crippen LogP contribution in [0.1, 0.15) is 27.2 Å². The van der Waals surface area contributed by atoms with E-state index in [1.807, 2.05) is 0 Å². The maximum Gasteiger partial charge on any atom is 0.246 e. The number of nitrogens with zero attached hydrogens (tertiary/aromatic N) is 1. The SMILES string of the molecule is CC(C)(C)[C@H](NC(=O)CCl)C(=O)N1C[C@H](O)C[C@H]1C(N)=O. The molecule has 3 amide bonds. The predicted octanol–water partition coefficient (Wildman–Crippen LogP) is -0.797. The number of β-amino-alcohol motifs (C(OH)–C–C–N with tert-alkyl or cyclic N) is 1. The second kappa shape index (κ2) is 6.62. The number of hydrogen-bond acceptors (Lipinski definition) is 4. The lowest BCUT2D eigenvalue weighted by molar-refractivity contribution is -0.143. The van der Waals surface area contributed by atoms with Crippen LogP contribution in [0.5, 0.6) is 0 Å². The van der Waals surface area contributed by atoms with Gasteiger partial charge in [0, 0.05) is 13.0 Å². The molecule has 3 atom stereocenters. The molecule has 0 aliphatic carbocycles. The van der Waals surface area contributed by atoms with E-state index in [4.69, 9.17) is 17.3 Å². The monoisotopic (exact) mass is 319 g/mol. The molecule has 8 heteroatoms. The molecule has 0 aromatic heterocycles. The van der Waals surface area contributed by atoms with Crippen LogP contribution >= 0.6 is 11.6 Å². The zero-order chi connectivity index (χ0) is 16.4. The molecule has 0 aromatic carbocycles. The van der Waals surface area contributed by atoms with Crippen LogP contribution in [0.15, 0.2) is 0 Å². The molecule has 120 valence electrons. The number of hydrogen-bond donors (Lipinski definition) is 3. The molecule has 1 saturated heterocycles. The Balaban J connectivity index is 2.99. The first-order valence-corrected chi connectivity index (χ1v) is 7.24. The molecule has 0 radical (unpaired) electrons. The van der Waals surface area contributed by atoms with Crippen molar-refractivity contribution in [2.24, 2.45) is 11.1 Å². The minimum atomic E-state index is -0.856. The molecule has 1 fully saturated rings. The van der Waals surface area contributed by atoms with Gasteiger partial charge in [0.15, 0.2) is 0 Å². The van der Waals surface area contributed by atoms with Crippen LogP contribution in [-0.2, 0) is 14.4 Å². The Morgan fingerprint density at radius 1 is 1.43 bits per heavy atom. The molecule has 1 aliphatic heterocycles. The topological polar surface area (TPSA) is 113 Å². The number of carbonyl (C=O) groups excluding carboxylic acids is 3. The van der Waals surface area contributed by atoms with E-state index in [0.29, 0.717) is 0 Å². The van der Waals surface area contributed by atoms with Gasteiger partial charge in [-0.05, 0) is 5.41 Å². The average Bonchev–Trinajstić information content (AvgIpc) is 2.75.